The van der Waals surface area contributed by atoms with Gasteiger partial charge in [-0.3, -0.25) is 10.1 Å². The molecule has 0 saturated heterocycles. The molecule has 0 aliphatic rings. The molecular formula is C16H7Cl2NO2. The molecular weight excluding hydrogens is 309 g/mol. The van der Waals surface area contributed by atoms with Crippen LogP contribution in [0.4, 0.5) is 5.69 Å². The Balaban J connectivity index is 2.49. The van der Waals surface area contributed by atoms with Gasteiger partial charge in [-0.25, -0.2) is 0 Å². The van der Waals surface area contributed by atoms with Gasteiger partial charge in [-0.1, -0.05) is 53.1 Å². The van der Waals surface area contributed by atoms with E-state index in [0.29, 0.717) is 16.7 Å². The van der Waals surface area contributed by atoms with Crippen LogP contribution in [0.25, 0.3) is 0 Å². The molecule has 0 atom stereocenters. The Bertz CT molecular complexity index is 803. The van der Waals surface area contributed by atoms with Crippen LogP contribution in [0.1, 0.15) is 16.7 Å². The van der Waals surface area contributed by atoms with Crippen LogP contribution in [-0.4, -0.2) is 4.92 Å². The zero-order valence-corrected chi connectivity index (χ0v) is 12.1. The summed E-state index contributed by atoms with van der Waals surface area (Å²) in [5.41, 5.74) is 1.46. The predicted octanol–water partition coefficient (Wildman–Crippen LogP) is 4.28. The number of halogens is 2. The summed E-state index contributed by atoms with van der Waals surface area (Å²) in [6, 6.07) is 9.59. The van der Waals surface area contributed by atoms with Crippen molar-refractivity contribution in [3.8, 4) is 24.2 Å². The molecule has 2 rings (SSSR count). The Kier molecular flexibility index (Phi) is 4.50. The van der Waals surface area contributed by atoms with Crippen LogP contribution < -0.4 is 0 Å². The van der Waals surface area contributed by atoms with Gasteiger partial charge in [-0.2, -0.15) is 0 Å². The maximum absolute atomic E-state index is 10.7. The summed E-state index contributed by atoms with van der Waals surface area (Å²) in [6.07, 6.45) is 5.39. The van der Waals surface area contributed by atoms with Crippen LogP contribution >= 0.6 is 23.2 Å². The van der Waals surface area contributed by atoms with E-state index < -0.39 is 4.92 Å². The molecule has 3 nitrogen and oxygen atoms in total. The predicted molar refractivity (Wildman–Crippen MR) is 83.5 cm³/mol. The van der Waals surface area contributed by atoms with E-state index in [1.165, 1.54) is 12.1 Å². The smallest absolute Gasteiger partial charge is 0.258 e. The molecule has 0 aromatic heterocycles. The minimum absolute atomic E-state index is 0.125. The molecule has 0 heterocycles. The van der Waals surface area contributed by atoms with Crippen LogP contribution in [0.3, 0.4) is 0 Å². The fourth-order valence-corrected chi connectivity index (χ4v) is 2.20. The average molecular weight is 316 g/mol. The first-order chi connectivity index (χ1) is 10.0. The van der Waals surface area contributed by atoms with Crippen molar-refractivity contribution >= 4 is 28.9 Å². The van der Waals surface area contributed by atoms with Gasteiger partial charge in [0, 0.05) is 23.3 Å². The Morgan fingerprint density at radius 3 is 2.14 bits per heavy atom. The Hall–Kier alpha value is -2.46. The van der Waals surface area contributed by atoms with Gasteiger partial charge >= 0.3 is 0 Å². The number of rotatable bonds is 1. The molecule has 2 aromatic carbocycles. The molecule has 0 spiro atoms. The first-order valence-corrected chi connectivity index (χ1v) is 6.49. The SMILES string of the molecule is C#Cc1ccccc1C#Cc1c(Cl)cc([N+](=O)[O-])cc1Cl. The summed E-state index contributed by atoms with van der Waals surface area (Å²) in [4.78, 5) is 10.1. The highest BCUT2D eigenvalue weighted by molar-refractivity contribution is 6.37. The summed E-state index contributed by atoms with van der Waals surface area (Å²) >= 11 is 12.0. The Morgan fingerprint density at radius 2 is 1.62 bits per heavy atom. The normalized spacial score (nSPS) is 9.38. The number of hydrogen-bond donors (Lipinski definition) is 0. The molecule has 0 N–H and O–H groups in total. The average Bonchev–Trinajstić information content (AvgIpc) is 2.46. The van der Waals surface area contributed by atoms with Crippen molar-refractivity contribution in [1.29, 1.82) is 0 Å². The summed E-state index contributed by atoms with van der Waals surface area (Å²) in [5.74, 6) is 8.21. The molecule has 0 radical (unpaired) electrons. The Labute approximate surface area is 131 Å². The third-order valence-electron chi connectivity index (χ3n) is 2.64. The fourth-order valence-electron chi connectivity index (χ4n) is 1.63. The lowest BCUT2D eigenvalue weighted by molar-refractivity contribution is -0.384. The largest absolute Gasteiger partial charge is 0.272 e. The molecule has 0 fully saturated rings. The van der Waals surface area contributed by atoms with Crippen LogP contribution in [0, 0.1) is 34.3 Å². The number of non-ortho nitro benzene ring substituents is 1. The van der Waals surface area contributed by atoms with Crippen molar-refractivity contribution in [1.82, 2.24) is 0 Å². The van der Waals surface area contributed by atoms with Crippen LogP contribution in [0.15, 0.2) is 36.4 Å². The summed E-state index contributed by atoms with van der Waals surface area (Å²) in [7, 11) is 0. The maximum atomic E-state index is 10.7. The van der Waals surface area contributed by atoms with Crippen molar-refractivity contribution in [2.75, 3.05) is 0 Å². The van der Waals surface area contributed by atoms with E-state index >= 15 is 0 Å². The van der Waals surface area contributed by atoms with E-state index in [9.17, 15) is 10.1 Å². The van der Waals surface area contributed by atoms with Gasteiger partial charge in [0.05, 0.1) is 20.5 Å². The molecule has 2 aromatic rings. The second-order valence-electron chi connectivity index (χ2n) is 3.98. The molecule has 0 amide bonds. The van der Waals surface area contributed by atoms with Crippen LogP contribution in [-0.2, 0) is 0 Å². The van der Waals surface area contributed by atoms with E-state index in [-0.39, 0.29) is 15.7 Å². The summed E-state index contributed by atoms with van der Waals surface area (Å²) < 4.78 is 0. The molecule has 0 bridgehead atoms. The van der Waals surface area contributed by atoms with Gasteiger partial charge in [-0.05, 0) is 12.1 Å². The molecule has 102 valence electrons. The highest BCUT2D eigenvalue weighted by Gasteiger charge is 2.13. The highest BCUT2D eigenvalue weighted by atomic mass is 35.5. The lowest BCUT2D eigenvalue weighted by Gasteiger charge is -2.00. The molecule has 0 aliphatic carbocycles. The maximum Gasteiger partial charge on any atom is 0.272 e. The van der Waals surface area contributed by atoms with Crippen molar-refractivity contribution in [3.63, 3.8) is 0 Å². The first-order valence-electron chi connectivity index (χ1n) is 5.74. The number of hydrogen-bond acceptors (Lipinski definition) is 2. The molecule has 0 unspecified atom stereocenters. The molecule has 0 saturated carbocycles. The number of benzene rings is 2. The summed E-state index contributed by atoms with van der Waals surface area (Å²) in [5, 5.41) is 11.0. The van der Waals surface area contributed by atoms with Gasteiger partial charge in [0.2, 0.25) is 0 Å². The zero-order chi connectivity index (χ0) is 15.4. The quantitative estimate of drug-likeness (QED) is 0.448. The van der Waals surface area contributed by atoms with Crippen molar-refractivity contribution < 1.29 is 4.92 Å². The van der Waals surface area contributed by atoms with Crippen molar-refractivity contribution in [2.24, 2.45) is 0 Å². The second kappa shape index (κ2) is 6.33. The molecule has 0 aliphatic heterocycles. The van der Waals surface area contributed by atoms with E-state index in [1.54, 1.807) is 12.1 Å². The van der Waals surface area contributed by atoms with Gasteiger partial charge in [-0.15, -0.1) is 6.42 Å². The lowest BCUT2D eigenvalue weighted by atomic mass is 10.1. The number of nitro benzene ring substituents is 1. The first kappa shape index (κ1) is 14.9. The minimum Gasteiger partial charge on any atom is -0.258 e. The zero-order valence-electron chi connectivity index (χ0n) is 10.6. The summed E-state index contributed by atoms with van der Waals surface area (Å²) in [6.45, 7) is 0. The molecule has 5 heteroatoms. The number of nitrogens with zero attached hydrogens (tertiary/aromatic N) is 1. The monoisotopic (exact) mass is 315 g/mol. The standard InChI is InChI=1S/C16H7Cl2NO2/c1-2-11-5-3-4-6-12(11)7-8-14-15(17)9-13(19(20)21)10-16(14)18/h1,3-6,9-10H. The third kappa shape index (κ3) is 3.35. The van der Waals surface area contributed by atoms with Gasteiger partial charge in [0.15, 0.2) is 0 Å². The van der Waals surface area contributed by atoms with Gasteiger partial charge in [0.1, 0.15) is 0 Å². The number of nitro groups is 1. The van der Waals surface area contributed by atoms with Crippen LogP contribution in [0.5, 0.6) is 0 Å². The van der Waals surface area contributed by atoms with E-state index in [4.69, 9.17) is 29.6 Å². The van der Waals surface area contributed by atoms with E-state index in [0.717, 1.165) is 0 Å². The van der Waals surface area contributed by atoms with Crippen molar-refractivity contribution in [2.45, 2.75) is 0 Å². The molecule has 21 heavy (non-hydrogen) atoms. The van der Waals surface area contributed by atoms with Gasteiger partial charge < -0.3 is 0 Å². The Morgan fingerprint density at radius 1 is 1.05 bits per heavy atom. The highest BCUT2D eigenvalue weighted by Crippen LogP contribution is 2.29. The minimum atomic E-state index is -0.567. The van der Waals surface area contributed by atoms with E-state index in [1.807, 2.05) is 12.1 Å². The van der Waals surface area contributed by atoms with E-state index in [2.05, 4.69) is 17.8 Å². The van der Waals surface area contributed by atoms with Gasteiger partial charge in [0.25, 0.3) is 5.69 Å². The lowest BCUT2D eigenvalue weighted by Crippen LogP contribution is -1.90. The topological polar surface area (TPSA) is 43.1 Å². The fraction of sp³-hybridized carbons (Fsp3) is 0. The second-order valence-corrected chi connectivity index (χ2v) is 4.80. The van der Waals surface area contributed by atoms with Crippen LogP contribution in [0.2, 0.25) is 10.0 Å². The third-order valence-corrected chi connectivity index (χ3v) is 3.24. The number of terminal acetylenes is 1. The van der Waals surface area contributed by atoms with Crippen molar-refractivity contribution in [3.05, 3.63) is 73.2 Å².